The Hall–Kier alpha value is -4.35. The standard InChI is InChI=1S/C19H19FN6O3.C6H5ClO/c1-4-29-26-19(27)16-14(5-6-23-25-16)24-15-8-12(20)7-13(17(15)28-3)18-21-9-11(2)10-22-18;7-5-3-1-2-4-6(5)8/h5-10H,4H2,1-3H3,(H,23,24)(H,26,27);1-4,8H. The summed E-state index contributed by atoms with van der Waals surface area (Å²) in [5, 5.41) is 19.7. The summed E-state index contributed by atoms with van der Waals surface area (Å²) in [4.78, 5) is 25.6. The third kappa shape index (κ3) is 7.32. The summed E-state index contributed by atoms with van der Waals surface area (Å²) in [6.07, 6.45) is 4.65. The van der Waals surface area contributed by atoms with Gasteiger partial charge in [-0.15, -0.1) is 5.10 Å². The molecule has 4 aromatic rings. The molecule has 0 aliphatic heterocycles. The number of methoxy groups -OCH3 is 1. The first-order valence-electron chi connectivity index (χ1n) is 10.9. The Kier molecular flexibility index (Phi) is 9.64. The number of anilines is 2. The van der Waals surface area contributed by atoms with Crippen molar-refractivity contribution >= 4 is 28.9 Å². The SMILES string of the molecule is CCONC(=O)c1nnccc1Nc1cc(F)cc(-c2ncc(C)cn2)c1OC.Oc1ccccc1Cl. The van der Waals surface area contributed by atoms with Gasteiger partial charge < -0.3 is 15.2 Å². The molecule has 0 aliphatic carbocycles. The van der Waals surface area contributed by atoms with E-state index < -0.39 is 11.7 Å². The van der Waals surface area contributed by atoms with Crippen LogP contribution in [0.1, 0.15) is 23.0 Å². The van der Waals surface area contributed by atoms with Gasteiger partial charge in [0.15, 0.2) is 17.3 Å². The fourth-order valence-corrected chi connectivity index (χ4v) is 3.12. The van der Waals surface area contributed by atoms with Crippen LogP contribution in [0.5, 0.6) is 11.5 Å². The lowest BCUT2D eigenvalue weighted by Gasteiger charge is -2.16. The number of hydrogen-bond acceptors (Lipinski definition) is 9. The second-order valence-corrected chi connectivity index (χ2v) is 7.76. The number of amides is 1. The number of halogens is 2. The fourth-order valence-electron chi connectivity index (χ4n) is 2.99. The number of nitrogens with one attached hydrogen (secondary N) is 2. The molecule has 0 aliphatic rings. The molecule has 2 aromatic carbocycles. The highest BCUT2D eigenvalue weighted by atomic mass is 35.5. The summed E-state index contributed by atoms with van der Waals surface area (Å²) in [6.45, 7) is 3.86. The number of para-hydroxylation sites is 1. The summed E-state index contributed by atoms with van der Waals surface area (Å²) in [5.74, 6) is -0.385. The number of phenolic OH excluding ortho intramolecular Hbond substituents is 1. The first kappa shape index (κ1) is 27.2. The van der Waals surface area contributed by atoms with Gasteiger partial charge in [-0.1, -0.05) is 23.7 Å². The molecule has 37 heavy (non-hydrogen) atoms. The summed E-state index contributed by atoms with van der Waals surface area (Å²) in [7, 11) is 1.45. The van der Waals surface area contributed by atoms with Crippen LogP contribution in [0.3, 0.4) is 0 Å². The number of carbonyl (C=O) groups excluding carboxylic acids is 1. The van der Waals surface area contributed by atoms with Crippen molar-refractivity contribution < 1.29 is 23.9 Å². The van der Waals surface area contributed by atoms with E-state index in [1.165, 1.54) is 31.5 Å². The van der Waals surface area contributed by atoms with E-state index in [9.17, 15) is 9.18 Å². The van der Waals surface area contributed by atoms with E-state index in [4.69, 9.17) is 26.3 Å². The summed E-state index contributed by atoms with van der Waals surface area (Å²) < 4.78 is 19.8. The molecule has 1 amide bonds. The smallest absolute Gasteiger partial charge is 0.297 e. The van der Waals surface area contributed by atoms with E-state index in [-0.39, 0.29) is 29.4 Å². The number of aryl methyl sites for hydroxylation is 1. The lowest BCUT2D eigenvalue weighted by Crippen LogP contribution is -2.25. The number of nitrogens with zero attached hydrogens (tertiary/aromatic N) is 4. The quantitative estimate of drug-likeness (QED) is 0.289. The molecule has 3 N–H and O–H groups in total. The second-order valence-electron chi connectivity index (χ2n) is 7.35. The van der Waals surface area contributed by atoms with Gasteiger partial charge in [-0.25, -0.2) is 19.8 Å². The molecule has 0 unspecified atom stereocenters. The zero-order chi connectivity index (χ0) is 26.8. The number of carbonyl (C=O) groups is 1. The van der Waals surface area contributed by atoms with Crippen LogP contribution in [-0.4, -0.2) is 44.9 Å². The van der Waals surface area contributed by atoms with Gasteiger partial charge in [0.05, 0.1) is 41.9 Å². The van der Waals surface area contributed by atoms with Crippen LogP contribution >= 0.6 is 11.6 Å². The Bertz CT molecular complexity index is 1340. The van der Waals surface area contributed by atoms with Crippen molar-refractivity contribution in [2.45, 2.75) is 13.8 Å². The molecule has 0 saturated heterocycles. The molecule has 2 heterocycles. The zero-order valence-corrected chi connectivity index (χ0v) is 21.0. The van der Waals surface area contributed by atoms with Gasteiger partial charge in [0, 0.05) is 18.5 Å². The summed E-state index contributed by atoms with van der Waals surface area (Å²) in [6, 6.07) is 10.7. The number of aromatic hydroxyl groups is 1. The fraction of sp³-hybridized carbons (Fsp3) is 0.160. The Balaban J connectivity index is 0.000000405. The molecule has 12 heteroatoms. The van der Waals surface area contributed by atoms with Crippen LogP contribution in [0.15, 0.2) is 61.1 Å². The highest BCUT2D eigenvalue weighted by Crippen LogP contribution is 2.37. The van der Waals surface area contributed by atoms with E-state index in [0.717, 1.165) is 5.56 Å². The topological polar surface area (TPSA) is 131 Å². The largest absolute Gasteiger partial charge is 0.506 e. The highest BCUT2D eigenvalue weighted by molar-refractivity contribution is 6.31. The Labute approximate surface area is 217 Å². The first-order chi connectivity index (χ1) is 17.8. The average molecular weight is 527 g/mol. The van der Waals surface area contributed by atoms with Crippen molar-refractivity contribution in [1.29, 1.82) is 0 Å². The molecule has 0 atom stereocenters. The minimum Gasteiger partial charge on any atom is -0.506 e. The van der Waals surface area contributed by atoms with Crippen LogP contribution < -0.4 is 15.5 Å². The first-order valence-corrected chi connectivity index (χ1v) is 11.3. The van der Waals surface area contributed by atoms with Crippen molar-refractivity contribution in [3.63, 3.8) is 0 Å². The van der Waals surface area contributed by atoms with Gasteiger partial charge >= 0.3 is 0 Å². The van der Waals surface area contributed by atoms with E-state index in [1.807, 2.05) is 6.92 Å². The third-order valence-corrected chi connectivity index (χ3v) is 4.97. The maximum atomic E-state index is 14.4. The Morgan fingerprint density at radius 1 is 1.14 bits per heavy atom. The molecule has 10 nitrogen and oxygen atoms in total. The van der Waals surface area contributed by atoms with Crippen LogP contribution in [0.4, 0.5) is 15.8 Å². The molecule has 4 rings (SSSR count). The number of benzene rings is 2. The van der Waals surface area contributed by atoms with Crippen LogP contribution in [0.25, 0.3) is 11.4 Å². The number of hydrogen-bond donors (Lipinski definition) is 3. The lowest BCUT2D eigenvalue weighted by molar-refractivity contribution is 0.0360. The minimum absolute atomic E-state index is 0.0274. The summed E-state index contributed by atoms with van der Waals surface area (Å²) >= 11 is 5.46. The number of aromatic nitrogens is 4. The molecule has 2 aromatic heterocycles. The predicted octanol–water partition coefficient (Wildman–Crippen LogP) is 4.86. The van der Waals surface area contributed by atoms with Gasteiger partial charge in [0.25, 0.3) is 5.91 Å². The van der Waals surface area contributed by atoms with Crippen molar-refractivity contribution in [2.24, 2.45) is 0 Å². The van der Waals surface area contributed by atoms with E-state index in [1.54, 1.807) is 43.6 Å². The predicted molar refractivity (Wildman–Crippen MR) is 136 cm³/mol. The zero-order valence-electron chi connectivity index (χ0n) is 20.2. The van der Waals surface area contributed by atoms with E-state index in [2.05, 4.69) is 31.0 Å². The van der Waals surface area contributed by atoms with Gasteiger partial charge in [-0.05, 0) is 43.7 Å². The van der Waals surface area contributed by atoms with Crippen molar-refractivity contribution in [3.8, 4) is 22.9 Å². The molecule has 0 bridgehead atoms. The number of hydroxylamine groups is 1. The summed E-state index contributed by atoms with van der Waals surface area (Å²) in [5.41, 5.74) is 4.01. The number of ether oxygens (including phenoxy) is 1. The number of phenols is 1. The average Bonchev–Trinajstić information content (AvgIpc) is 2.90. The van der Waals surface area contributed by atoms with Gasteiger partial charge in [-0.2, -0.15) is 5.10 Å². The normalized spacial score (nSPS) is 10.2. The molecule has 0 fully saturated rings. The highest BCUT2D eigenvalue weighted by Gasteiger charge is 2.19. The van der Waals surface area contributed by atoms with Crippen LogP contribution in [0, 0.1) is 12.7 Å². The monoisotopic (exact) mass is 526 g/mol. The van der Waals surface area contributed by atoms with Crippen molar-refractivity contribution in [3.05, 3.63) is 83.2 Å². The van der Waals surface area contributed by atoms with Crippen molar-refractivity contribution in [1.82, 2.24) is 25.6 Å². The maximum absolute atomic E-state index is 14.4. The third-order valence-electron chi connectivity index (χ3n) is 4.65. The molecule has 0 saturated carbocycles. The second kappa shape index (κ2) is 13.1. The van der Waals surface area contributed by atoms with Crippen molar-refractivity contribution in [2.75, 3.05) is 19.0 Å². The molecular formula is C25H24ClFN6O4. The van der Waals surface area contributed by atoms with Gasteiger partial charge in [0.1, 0.15) is 11.6 Å². The minimum atomic E-state index is -0.597. The molecule has 0 spiro atoms. The van der Waals surface area contributed by atoms with E-state index >= 15 is 0 Å². The van der Waals surface area contributed by atoms with E-state index in [0.29, 0.717) is 22.2 Å². The molecule has 0 radical (unpaired) electrons. The molecular weight excluding hydrogens is 503 g/mol. The Morgan fingerprint density at radius 3 is 2.49 bits per heavy atom. The lowest BCUT2D eigenvalue weighted by atomic mass is 10.1. The van der Waals surface area contributed by atoms with Crippen LogP contribution in [0.2, 0.25) is 5.02 Å². The molecule has 192 valence electrons. The van der Waals surface area contributed by atoms with Gasteiger partial charge in [-0.3, -0.25) is 9.63 Å². The van der Waals surface area contributed by atoms with Gasteiger partial charge in [0.2, 0.25) is 0 Å². The Morgan fingerprint density at radius 2 is 1.86 bits per heavy atom. The van der Waals surface area contributed by atoms with Crippen LogP contribution in [-0.2, 0) is 4.84 Å². The maximum Gasteiger partial charge on any atom is 0.297 e. The number of rotatable bonds is 7.